The maximum Gasteiger partial charge on any atom is 0.225 e. The van der Waals surface area contributed by atoms with Crippen molar-refractivity contribution in [1.29, 1.82) is 0 Å². The molecule has 4 heteroatoms. The summed E-state index contributed by atoms with van der Waals surface area (Å²) in [6.45, 7) is 3.79. The highest BCUT2D eigenvalue weighted by Crippen LogP contribution is 2.27. The van der Waals surface area contributed by atoms with Crippen molar-refractivity contribution >= 4 is 5.91 Å². The summed E-state index contributed by atoms with van der Waals surface area (Å²) in [7, 11) is 2.10. The molecule has 1 saturated carbocycles. The largest absolute Gasteiger partial charge is 0.340 e. The molecule has 2 rings (SSSR count). The highest BCUT2D eigenvalue weighted by atomic mass is 16.2. The van der Waals surface area contributed by atoms with E-state index >= 15 is 0 Å². The molecule has 80 valence electrons. The van der Waals surface area contributed by atoms with Crippen molar-refractivity contribution in [3.05, 3.63) is 0 Å². The molecule has 0 aromatic heterocycles. The van der Waals surface area contributed by atoms with Gasteiger partial charge in [0.1, 0.15) is 0 Å². The molecule has 1 heterocycles. The van der Waals surface area contributed by atoms with Crippen LogP contribution in [0.1, 0.15) is 12.8 Å². The Morgan fingerprint density at radius 2 is 1.79 bits per heavy atom. The zero-order valence-electron chi connectivity index (χ0n) is 8.78. The molecule has 2 fully saturated rings. The van der Waals surface area contributed by atoms with Gasteiger partial charge in [0.05, 0.1) is 0 Å². The van der Waals surface area contributed by atoms with E-state index in [0.717, 1.165) is 39.0 Å². The molecule has 0 aromatic carbocycles. The van der Waals surface area contributed by atoms with Crippen LogP contribution in [0, 0.1) is 5.92 Å². The van der Waals surface area contributed by atoms with Gasteiger partial charge in [-0.25, -0.2) is 0 Å². The minimum Gasteiger partial charge on any atom is -0.340 e. The molecular formula is C10H19N3O. The highest BCUT2D eigenvalue weighted by Gasteiger charge is 2.35. The number of likely N-dealkylation sites (N-methyl/N-ethyl adjacent to an activating group) is 1. The Bertz CT molecular complexity index is 217. The van der Waals surface area contributed by atoms with Gasteiger partial charge in [-0.2, -0.15) is 0 Å². The summed E-state index contributed by atoms with van der Waals surface area (Å²) < 4.78 is 0. The number of hydrogen-bond donors (Lipinski definition) is 1. The Hall–Kier alpha value is -0.610. The molecule has 0 radical (unpaired) electrons. The van der Waals surface area contributed by atoms with E-state index in [-0.39, 0.29) is 12.0 Å². The zero-order chi connectivity index (χ0) is 10.1. The number of nitrogens with two attached hydrogens (primary N) is 1. The lowest BCUT2D eigenvalue weighted by molar-refractivity contribution is -0.140. The molecule has 1 aliphatic heterocycles. The minimum absolute atomic E-state index is 0.230. The van der Waals surface area contributed by atoms with Crippen LogP contribution < -0.4 is 5.73 Å². The Kier molecular flexibility index (Phi) is 2.74. The third-order valence-corrected chi connectivity index (χ3v) is 3.34. The van der Waals surface area contributed by atoms with E-state index < -0.39 is 0 Å². The molecule has 0 atom stereocenters. The Morgan fingerprint density at radius 1 is 1.21 bits per heavy atom. The molecule has 14 heavy (non-hydrogen) atoms. The van der Waals surface area contributed by atoms with E-state index in [2.05, 4.69) is 11.9 Å². The lowest BCUT2D eigenvalue weighted by Crippen LogP contribution is -2.52. The number of rotatable bonds is 1. The first-order chi connectivity index (χ1) is 6.66. The smallest absolute Gasteiger partial charge is 0.225 e. The maximum atomic E-state index is 11.9. The van der Waals surface area contributed by atoms with Gasteiger partial charge in [0.15, 0.2) is 0 Å². The Labute approximate surface area is 85.0 Å². The first-order valence-corrected chi connectivity index (χ1v) is 5.39. The van der Waals surface area contributed by atoms with Crippen molar-refractivity contribution < 1.29 is 4.79 Å². The zero-order valence-corrected chi connectivity index (χ0v) is 8.78. The van der Waals surface area contributed by atoms with E-state index in [0.29, 0.717) is 5.91 Å². The number of hydrogen-bond acceptors (Lipinski definition) is 3. The van der Waals surface area contributed by atoms with Crippen LogP contribution in [-0.2, 0) is 4.79 Å². The van der Waals surface area contributed by atoms with E-state index in [4.69, 9.17) is 5.73 Å². The highest BCUT2D eigenvalue weighted by molar-refractivity contribution is 5.80. The maximum absolute atomic E-state index is 11.9. The molecule has 1 amide bonds. The van der Waals surface area contributed by atoms with E-state index in [1.54, 1.807) is 0 Å². The van der Waals surface area contributed by atoms with Crippen LogP contribution >= 0.6 is 0 Å². The van der Waals surface area contributed by atoms with Gasteiger partial charge in [-0.1, -0.05) is 0 Å². The van der Waals surface area contributed by atoms with Gasteiger partial charge in [0.25, 0.3) is 0 Å². The number of amides is 1. The van der Waals surface area contributed by atoms with Gasteiger partial charge in [-0.3, -0.25) is 4.79 Å². The molecular weight excluding hydrogens is 178 g/mol. The van der Waals surface area contributed by atoms with E-state index in [1.165, 1.54) is 0 Å². The first kappa shape index (κ1) is 9.93. The van der Waals surface area contributed by atoms with Gasteiger partial charge >= 0.3 is 0 Å². The summed E-state index contributed by atoms with van der Waals surface area (Å²) in [4.78, 5) is 16.1. The molecule has 0 unspecified atom stereocenters. The van der Waals surface area contributed by atoms with Crippen LogP contribution in [0.3, 0.4) is 0 Å². The summed E-state index contributed by atoms with van der Waals surface area (Å²) in [6.07, 6.45) is 1.79. The molecule has 2 aliphatic rings. The molecule has 1 aliphatic carbocycles. The third-order valence-electron chi connectivity index (χ3n) is 3.34. The molecule has 1 saturated heterocycles. The molecule has 2 N–H and O–H groups in total. The average molecular weight is 197 g/mol. The number of nitrogens with zero attached hydrogens (tertiary/aromatic N) is 2. The van der Waals surface area contributed by atoms with Crippen LogP contribution in [0.15, 0.2) is 0 Å². The fourth-order valence-corrected chi connectivity index (χ4v) is 2.15. The molecule has 0 aromatic rings. The quantitative estimate of drug-likeness (QED) is 0.616. The van der Waals surface area contributed by atoms with E-state index in [1.807, 2.05) is 4.90 Å². The average Bonchev–Trinajstić information content (AvgIpc) is 2.13. The van der Waals surface area contributed by atoms with E-state index in [9.17, 15) is 4.79 Å². The monoisotopic (exact) mass is 197 g/mol. The summed E-state index contributed by atoms with van der Waals surface area (Å²) in [5, 5.41) is 0. The lowest BCUT2D eigenvalue weighted by atomic mass is 9.80. The second kappa shape index (κ2) is 3.87. The van der Waals surface area contributed by atoms with Gasteiger partial charge < -0.3 is 15.5 Å². The van der Waals surface area contributed by atoms with Crippen molar-refractivity contribution in [2.45, 2.75) is 18.9 Å². The molecule has 4 nitrogen and oxygen atoms in total. The topological polar surface area (TPSA) is 49.6 Å². The van der Waals surface area contributed by atoms with Crippen LogP contribution in [0.5, 0.6) is 0 Å². The second-order valence-electron chi connectivity index (χ2n) is 4.56. The summed E-state index contributed by atoms with van der Waals surface area (Å²) in [5.74, 6) is 0.563. The first-order valence-electron chi connectivity index (χ1n) is 5.39. The van der Waals surface area contributed by atoms with Gasteiger partial charge in [0.2, 0.25) is 5.91 Å². The van der Waals surface area contributed by atoms with Crippen molar-refractivity contribution in [2.75, 3.05) is 33.2 Å². The molecule has 0 bridgehead atoms. The SMILES string of the molecule is CN1CCN(C(=O)[C@H]2C[C@H](N)C2)CC1. The fraction of sp³-hybridized carbons (Fsp3) is 0.900. The second-order valence-corrected chi connectivity index (χ2v) is 4.56. The van der Waals surface area contributed by atoms with Crippen molar-refractivity contribution in [2.24, 2.45) is 11.7 Å². The van der Waals surface area contributed by atoms with Crippen molar-refractivity contribution in [3.63, 3.8) is 0 Å². The van der Waals surface area contributed by atoms with Crippen LogP contribution in [0.4, 0.5) is 0 Å². The Morgan fingerprint density at radius 3 is 2.29 bits per heavy atom. The summed E-state index contributed by atoms with van der Waals surface area (Å²) in [5.41, 5.74) is 5.68. The molecule has 0 spiro atoms. The Balaban J connectivity index is 1.81. The van der Waals surface area contributed by atoms with Crippen LogP contribution in [0.2, 0.25) is 0 Å². The minimum atomic E-state index is 0.230. The standard InChI is InChI=1S/C10H19N3O/c1-12-2-4-13(5-3-12)10(14)8-6-9(11)7-8/h8-9H,2-7,11H2,1H3/t8-,9-. The summed E-state index contributed by atoms with van der Waals surface area (Å²) >= 11 is 0. The number of piperazine rings is 1. The van der Waals surface area contributed by atoms with Crippen molar-refractivity contribution in [3.8, 4) is 0 Å². The lowest BCUT2D eigenvalue weighted by Gasteiger charge is -2.39. The fourth-order valence-electron chi connectivity index (χ4n) is 2.15. The summed E-state index contributed by atoms with van der Waals surface area (Å²) in [6, 6.07) is 0.274. The van der Waals surface area contributed by atoms with Gasteiger partial charge in [-0.15, -0.1) is 0 Å². The number of carbonyl (C=O) groups excluding carboxylic acids is 1. The predicted octanol–water partition coefficient (Wildman–Crippen LogP) is -0.502. The number of carbonyl (C=O) groups is 1. The van der Waals surface area contributed by atoms with Crippen LogP contribution in [0.25, 0.3) is 0 Å². The van der Waals surface area contributed by atoms with Crippen molar-refractivity contribution in [1.82, 2.24) is 9.80 Å². The normalized spacial score (nSPS) is 34.0. The van der Waals surface area contributed by atoms with Crippen LogP contribution in [-0.4, -0.2) is 55.0 Å². The predicted molar refractivity (Wildman–Crippen MR) is 54.8 cm³/mol. The third kappa shape index (κ3) is 1.91. The van der Waals surface area contributed by atoms with Gasteiger partial charge in [-0.05, 0) is 19.9 Å². The van der Waals surface area contributed by atoms with Gasteiger partial charge in [0, 0.05) is 38.1 Å².